The highest BCUT2D eigenvalue weighted by molar-refractivity contribution is 6.33. The summed E-state index contributed by atoms with van der Waals surface area (Å²) >= 11 is 6.40. The van der Waals surface area contributed by atoms with Crippen LogP contribution in [0.15, 0.2) is 18.2 Å². The van der Waals surface area contributed by atoms with Crippen LogP contribution in [0.25, 0.3) is 0 Å². The predicted molar refractivity (Wildman–Crippen MR) is 98.8 cm³/mol. The number of rotatable bonds is 3. The smallest absolute Gasteiger partial charge is 0.303 e. The first kappa shape index (κ1) is 17.6. The summed E-state index contributed by atoms with van der Waals surface area (Å²) in [4.78, 5) is 13.4. The number of anilines is 1. The number of halogens is 1. The van der Waals surface area contributed by atoms with Crippen molar-refractivity contribution < 1.29 is 9.90 Å². The molecule has 2 aliphatic rings. The van der Waals surface area contributed by atoms with Crippen LogP contribution < -0.4 is 4.90 Å². The van der Waals surface area contributed by atoms with Crippen LogP contribution in [-0.4, -0.2) is 24.2 Å². The lowest BCUT2D eigenvalue weighted by molar-refractivity contribution is -0.139. The average molecular weight is 350 g/mol. The third-order valence-corrected chi connectivity index (χ3v) is 6.63. The van der Waals surface area contributed by atoms with Gasteiger partial charge in [0.2, 0.25) is 0 Å². The third-order valence-electron chi connectivity index (χ3n) is 6.31. The lowest BCUT2D eigenvalue weighted by Crippen LogP contribution is -2.44. The van der Waals surface area contributed by atoms with E-state index in [0.717, 1.165) is 24.5 Å². The van der Waals surface area contributed by atoms with Crippen LogP contribution in [0.1, 0.15) is 51.0 Å². The zero-order chi connectivity index (χ0) is 17.3. The van der Waals surface area contributed by atoms with E-state index >= 15 is 0 Å². The summed E-state index contributed by atoms with van der Waals surface area (Å²) in [5.74, 6) is 0.230. The number of aryl methyl sites for hydroxylation is 1. The second-order valence-electron chi connectivity index (χ2n) is 8.02. The van der Waals surface area contributed by atoms with Crippen LogP contribution in [-0.2, 0) is 4.79 Å². The van der Waals surface area contributed by atoms with Crippen molar-refractivity contribution in [1.82, 2.24) is 0 Å². The maximum Gasteiger partial charge on any atom is 0.303 e. The van der Waals surface area contributed by atoms with Gasteiger partial charge in [-0.2, -0.15) is 0 Å². The van der Waals surface area contributed by atoms with Gasteiger partial charge in [0.25, 0.3) is 0 Å². The van der Waals surface area contributed by atoms with Crippen molar-refractivity contribution in [2.24, 2.45) is 17.3 Å². The molecule has 24 heavy (non-hydrogen) atoms. The normalized spacial score (nSPS) is 26.5. The molecule has 2 unspecified atom stereocenters. The van der Waals surface area contributed by atoms with Crippen molar-refractivity contribution >= 4 is 23.3 Å². The molecule has 2 fully saturated rings. The van der Waals surface area contributed by atoms with E-state index < -0.39 is 5.97 Å². The number of carboxylic acid groups (broad SMARTS) is 1. The monoisotopic (exact) mass is 349 g/mol. The summed E-state index contributed by atoms with van der Waals surface area (Å²) in [6.45, 7) is 6.47. The summed E-state index contributed by atoms with van der Waals surface area (Å²) in [7, 11) is 0. The van der Waals surface area contributed by atoms with Gasteiger partial charge in [-0.15, -0.1) is 0 Å². The summed E-state index contributed by atoms with van der Waals surface area (Å²) < 4.78 is 0. The molecule has 4 heteroatoms. The van der Waals surface area contributed by atoms with Gasteiger partial charge < -0.3 is 10.0 Å². The molecule has 132 valence electrons. The number of piperidine rings is 1. The van der Waals surface area contributed by atoms with E-state index in [1.165, 1.54) is 36.9 Å². The van der Waals surface area contributed by atoms with Crippen molar-refractivity contribution in [2.45, 2.75) is 52.4 Å². The average Bonchev–Trinajstić information content (AvgIpc) is 2.53. The Morgan fingerprint density at radius 1 is 1.33 bits per heavy atom. The van der Waals surface area contributed by atoms with Gasteiger partial charge in [-0.25, -0.2) is 0 Å². The van der Waals surface area contributed by atoms with Crippen LogP contribution in [0.4, 0.5) is 5.69 Å². The maximum absolute atomic E-state index is 11.0. The van der Waals surface area contributed by atoms with E-state index in [4.69, 9.17) is 16.7 Å². The lowest BCUT2D eigenvalue weighted by atomic mass is 9.61. The van der Waals surface area contributed by atoms with Crippen LogP contribution in [0.2, 0.25) is 5.02 Å². The molecule has 0 radical (unpaired) electrons. The van der Waals surface area contributed by atoms with Crippen LogP contribution >= 0.6 is 11.6 Å². The van der Waals surface area contributed by atoms with Crippen molar-refractivity contribution in [3.05, 3.63) is 28.8 Å². The molecule has 1 aliphatic carbocycles. The Balaban J connectivity index is 1.63. The Kier molecular flexibility index (Phi) is 5.10. The summed E-state index contributed by atoms with van der Waals surface area (Å²) in [6, 6.07) is 6.24. The Morgan fingerprint density at radius 3 is 2.67 bits per heavy atom. The van der Waals surface area contributed by atoms with E-state index in [0.29, 0.717) is 23.7 Å². The number of carbonyl (C=O) groups is 1. The Morgan fingerprint density at radius 2 is 2.04 bits per heavy atom. The minimum absolute atomic E-state index is 0.336. The van der Waals surface area contributed by atoms with E-state index in [9.17, 15) is 4.79 Å². The highest BCUT2D eigenvalue weighted by Crippen LogP contribution is 2.50. The molecule has 1 saturated heterocycles. The van der Waals surface area contributed by atoms with Crippen LogP contribution in [0.3, 0.4) is 0 Å². The largest absolute Gasteiger partial charge is 0.481 e. The number of hydrogen-bond acceptors (Lipinski definition) is 2. The molecule has 1 aromatic carbocycles. The summed E-state index contributed by atoms with van der Waals surface area (Å²) in [5, 5.41) is 9.92. The molecule has 1 spiro atoms. The minimum Gasteiger partial charge on any atom is -0.481 e. The Labute approximate surface area is 150 Å². The molecule has 3 nitrogen and oxygen atoms in total. The predicted octanol–water partition coefficient (Wildman–Crippen LogP) is 5.15. The zero-order valence-corrected chi connectivity index (χ0v) is 15.5. The first-order valence-corrected chi connectivity index (χ1v) is 9.49. The Hall–Kier alpha value is -1.22. The van der Waals surface area contributed by atoms with Crippen molar-refractivity contribution in [3.63, 3.8) is 0 Å². The van der Waals surface area contributed by atoms with Crippen molar-refractivity contribution in [1.29, 1.82) is 0 Å². The fourth-order valence-electron chi connectivity index (χ4n) is 4.80. The standard InChI is InChI=1S/C20H28ClNO2/c1-14-3-4-17(21)18(11-14)22-9-7-20(8-10-22)6-5-16(12-19(23)24)15(2)13-20/h3-4,11,15-16H,5-10,12-13H2,1-2H3,(H,23,24). The third kappa shape index (κ3) is 3.72. The number of benzene rings is 1. The van der Waals surface area contributed by atoms with Gasteiger partial charge in [-0.05, 0) is 74.0 Å². The quantitative estimate of drug-likeness (QED) is 0.820. The van der Waals surface area contributed by atoms with Crippen LogP contribution in [0.5, 0.6) is 0 Å². The van der Waals surface area contributed by atoms with Crippen LogP contribution in [0, 0.1) is 24.2 Å². The molecular weight excluding hydrogens is 322 g/mol. The molecule has 0 bridgehead atoms. The van der Waals surface area contributed by atoms with E-state index in [-0.39, 0.29) is 0 Å². The van der Waals surface area contributed by atoms with Crippen molar-refractivity contribution in [3.8, 4) is 0 Å². The molecule has 1 heterocycles. The SMILES string of the molecule is Cc1ccc(Cl)c(N2CCC3(CCC(CC(=O)O)C(C)C3)CC2)c1. The number of nitrogens with zero attached hydrogens (tertiary/aromatic N) is 1. The first-order chi connectivity index (χ1) is 11.4. The molecular formula is C20H28ClNO2. The first-order valence-electron chi connectivity index (χ1n) is 9.11. The number of hydrogen-bond donors (Lipinski definition) is 1. The zero-order valence-electron chi connectivity index (χ0n) is 14.7. The molecule has 1 aromatic rings. The molecule has 0 aromatic heterocycles. The minimum atomic E-state index is -0.647. The summed E-state index contributed by atoms with van der Waals surface area (Å²) in [6.07, 6.45) is 6.16. The van der Waals surface area contributed by atoms with Gasteiger partial charge in [-0.3, -0.25) is 4.79 Å². The van der Waals surface area contributed by atoms with E-state index in [1.807, 2.05) is 6.07 Å². The molecule has 3 rings (SSSR count). The van der Waals surface area contributed by atoms with Gasteiger partial charge in [-0.1, -0.05) is 24.6 Å². The van der Waals surface area contributed by atoms with Crippen molar-refractivity contribution in [2.75, 3.05) is 18.0 Å². The second kappa shape index (κ2) is 6.95. The number of aliphatic carboxylic acids is 1. The lowest BCUT2D eigenvalue weighted by Gasteiger charge is -2.49. The molecule has 1 aliphatic heterocycles. The molecule has 2 atom stereocenters. The fraction of sp³-hybridized carbons (Fsp3) is 0.650. The molecule has 0 amide bonds. The van der Waals surface area contributed by atoms with E-state index in [2.05, 4.69) is 30.9 Å². The fourth-order valence-corrected chi connectivity index (χ4v) is 5.03. The van der Waals surface area contributed by atoms with Gasteiger partial charge in [0.1, 0.15) is 0 Å². The van der Waals surface area contributed by atoms with E-state index in [1.54, 1.807) is 0 Å². The highest BCUT2D eigenvalue weighted by Gasteiger charge is 2.41. The van der Waals surface area contributed by atoms with Gasteiger partial charge in [0, 0.05) is 19.5 Å². The van der Waals surface area contributed by atoms with Gasteiger partial charge in [0.05, 0.1) is 10.7 Å². The topological polar surface area (TPSA) is 40.5 Å². The maximum atomic E-state index is 11.0. The number of carboxylic acids is 1. The highest BCUT2D eigenvalue weighted by atomic mass is 35.5. The Bertz CT molecular complexity index is 608. The second-order valence-corrected chi connectivity index (χ2v) is 8.43. The van der Waals surface area contributed by atoms with Gasteiger partial charge >= 0.3 is 5.97 Å². The summed E-state index contributed by atoms with van der Waals surface area (Å²) in [5.41, 5.74) is 2.83. The molecule has 1 N–H and O–H groups in total. The molecule has 1 saturated carbocycles. The van der Waals surface area contributed by atoms with Gasteiger partial charge in [0.15, 0.2) is 0 Å².